The van der Waals surface area contributed by atoms with Gasteiger partial charge in [-0.1, -0.05) is 146 Å². The summed E-state index contributed by atoms with van der Waals surface area (Å²) in [6.07, 6.45) is 14.9. The number of nitrogens with zero attached hydrogens (tertiary/aromatic N) is 1. The number of aliphatic hydroxyl groups excluding tert-OH is 1. The summed E-state index contributed by atoms with van der Waals surface area (Å²) in [5.74, 6) is 0.144. The summed E-state index contributed by atoms with van der Waals surface area (Å²) in [6.45, 7) is 12.9. The van der Waals surface area contributed by atoms with Gasteiger partial charge in [-0.05, 0) is 72.8 Å². The second kappa shape index (κ2) is 23.4. The number of rotatable bonds is 23. The molecular weight excluding hydrogens is 647 g/mol. The van der Waals surface area contributed by atoms with Crippen molar-refractivity contribution in [2.75, 3.05) is 26.2 Å². The maximum atomic E-state index is 12.0. The van der Waals surface area contributed by atoms with E-state index in [1.165, 1.54) is 77.0 Å². The quantitative estimate of drug-likeness (QED) is 0.0852. The third-order valence-corrected chi connectivity index (χ3v) is 10.4. The van der Waals surface area contributed by atoms with Gasteiger partial charge in [0.2, 0.25) is 0 Å². The van der Waals surface area contributed by atoms with Crippen LogP contribution < -0.4 is 10.6 Å². The number of aliphatic hydroxyl groups is 1. The summed E-state index contributed by atoms with van der Waals surface area (Å²) < 4.78 is 13.8. The van der Waals surface area contributed by atoms with E-state index >= 15 is 0 Å². The highest BCUT2D eigenvalue weighted by molar-refractivity contribution is 5.74. The summed E-state index contributed by atoms with van der Waals surface area (Å²) in [5.41, 5.74) is 6.21. The molecule has 0 radical (unpaired) electrons. The smallest absolute Gasteiger partial charge is 0.315 e. The molecule has 3 aromatic rings. The fraction of sp³-hybridized carbons (Fsp3) is 0.578. The highest BCUT2D eigenvalue weighted by atomic mass is 16.7. The van der Waals surface area contributed by atoms with Gasteiger partial charge in [0, 0.05) is 31.1 Å². The molecule has 3 aromatic carbocycles. The standard InChI is InChI=1S/C45H67N3O4/c1-5-8-10-12-14-16-28-48(29-17-15-13-11-9-6-2)33-42-35(4)43(38-26-24-36(34-49)25-27-38)52-44(51-42)41-23-19-22-40(31-41)39-21-18-20-37(30-39)32-47-45(50)46-7-3/h18-27,30-31,35,42-44,49H,5-17,28-29,32-34H2,1-4H3,(H2,46,47,50). The van der Waals surface area contributed by atoms with Gasteiger partial charge in [0.15, 0.2) is 6.29 Å². The number of ether oxygens (including phenoxy) is 2. The van der Waals surface area contributed by atoms with Crippen LogP contribution in [0.4, 0.5) is 4.79 Å². The van der Waals surface area contributed by atoms with Gasteiger partial charge in [0.05, 0.1) is 18.8 Å². The van der Waals surface area contributed by atoms with Gasteiger partial charge in [-0.3, -0.25) is 0 Å². The lowest BCUT2D eigenvalue weighted by molar-refractivity contribution is -0.276. The minimum Gasteiger partial charge on any atom is -0.392 e. The van der Waals surface area contributed by atoms with E-state index in [1.54, 1.807) is 0 Å². The summed E-state index contributed by atoms with van der Waals surface area (Å²) in [4.78, 5) is 14.7. The molecule has 286 valence electrons. The van der Waals surface area contributed by atoms with E-state index < -0.39 is 6.29 Å². The molecule has 4 rings (SSSR count). The van der Waals surface area contributed by atoms with Crippen molar-refractivity contribution in [2.24, 2.45) is 5.92 Å². The van der Waals surface area contributed by atoms with Crippen LogP contribution in [-0.4, -0.2) is 48.3 Å². The Morgan fingerprint density at radius 2 is 1.31 bits per heavy atom. The number of hydrogen-bond donors (Lipinski definition) is 3. The maximum absolute atomic E-state index is 12.0. The molecule has 1 saturated heterocycles. The van der Waals surface area contributed by atoms with Crippen LogP contribution in [0.5, 0.6) is 0 Å². The van der Waals surface area contributed by atoms with Crippen molar-refractivity contribution in [2.45, 2.75) is 136 Å². The maximum Gasteiger partial charge on any atom is 0.315 e. The number of amides is 2. The van der Waals surface area contributed by atoms with Crippen LogP contribution in [0.25, 0.3) is 11.1 Å². The summed E-state index contributed by atoms with van der Waals surface area (Å²) in [7, 11) is 0. The van der Waals surface area contributed by atoms with E-state index in [-0.39, 0.29) is 30.8 Å². The second-order valence-corrected chi connectivity index (χ2v) is 14.7. The number of nitrogens with one attached hydrogen (secondary N) is 2. The Hall–Kier alpha value is -3.23. The molecule has 1 fully saturated rings. The first-order valence-corrected chi connectivity index (χ1v) is 20.4. The molecule has 7 heteroatoms. The Kier molecular flexibility index (Phi) is 18.7. The van der Waals surface area contributed by atoms with Gasteiger partial charge < -0.3 is 30.1 Å². The van der Waals surface area contributed by atoms with E-state index in [9.17, 15) is 9.90 Å². The highest BCUT2D eigenvalue weighted by Gasteiger charge is 2.39. The summed E-state index contributed by atoms with van der Waals surface area (Å²) >= 11 is 0. The Morgan fingerprint density at radius 3 is 1.94 bits per heavy atom. The van der Waals surface area contributed by atoms with Crippen LogP contribution in [0.15, 0.2) is 72.8 Å². The van der Waals surface area contributed by atoms with Gasteiger partial charge in [-0.15, -0.1) is 0 Å². The molecule has 0 aromatic heterocycles. The van der Waals surface area contributed by atoms with Crippen LogP contribution in [0.1, 0.15) is 139 Å². The minimum atomic E-state index is -0.517. The molecule has 4 unspecified atom stereocenters. The molecule has 0 aliphatic carbocycles. The first kappa shape index (κ1) is 41.5. The Balaban J connectivity index is 1.54. The summed E-state index contributed by atoms with van der Waals surface area (Å²) in [5, 5.41) is 15.4. The first-order chi connectivity index (χ1) is 25.4. The van der Waals surface area contributed by atoms with Crippen LogP contribution in [-0.2, 0) is 22.6 Å². The molecule has 1 aliphatic heterocycles. The van der Waals surface area contributed by atoms with Gasteiger partial charge >= 0.3 is 6.03 Å². The normalized spacial score (nSPS) is 18.8. The number of carbonyl (C=O) groups excluding carboxylic acids is 1. The first-order valence-electron chi connectivity index (χ1n) is 20.4. The van der Waals surface area contributed by atoms with E-state index in [2.05, 4.69) is 84.8 Å². The Bertz CT molecular complexity index is 1410. The summed E-state index contributed by atoms with van der Waals surface area (Å²) in [6, 6.07) is 24.9. The van der Waals surface area contributed by atoms with Crippen LogP contribution >= 0.6 is 0 Å². The molecule has 2 amide bonds. The molecule has 3 N–H and O–H groups in total. The van der Waals surface area contributed by atoms with Crippen molar-refractivity contribution < 1.29 is 19.4 Å². The van der Waals surface area contributed by atoms with Crippen molar-refractivity contribution in [3.8, 4) is 11.1 Å². The third kappa shape index (κ3) is 13.6. The lowest BCUT2D eigenvalue weighted by Gasteiger charge is -2.43. The van der Waals surface area contributed by atoms with E-state index in [0.717, 1.165) is 53.0 Å². The van der Waals surface area contributed by atoms with Crippen LogP contribution in [0.2, 0.25) is 0 Å². The van der Waals surface area contributed by atoms with Crippen molar-refractivity contribution in [1.82, 2.24) is 15.5 Å². The lowest BCUT2D eigenvalue weighted by atomic mass is 9.89. The predicted molar refractivity (Wildman–Crippen MR) is 214 cm³/mol. The van der Waals surface area contributed by atoms with E-state index in [4.69, 9.17) is 9.47 Å². The zero-order chi connectivity index (χ0) is 37.0. The predicted octanol–water partition coefficient (Wildman–Crippen LogP) is 10.5. The Labute approximate surface area is 314 Å². The SMILES string of the molecule is CCCCCCCCN(CCCCCCCC)CC1OC(c2cccc(-c3cccc(CNC(=O)NCC)c3)c2)OC(c2ccc(CO)cc2)C1C. The van der Waals surface area contributed by atoms with Gasteiger partial charge in [0.1, 0.15) is 0 Å². The molecule has 0 bridgehead atoms. The Morgan fingerprint density at radius 1 is 0.692 bits per heavy atom. The molecule has 0 saturated carbocycles. The molecule has 1 heterocycles. The van der Waals surface area contributed by atoms with Gasteiger partial charge in [-0.25, -0.2) is 4.79 Å². The highest BCUT2D eigenvalue weighted by Crippen LogP contribution is 2.42. The largest absolute Gasteiger partial charge is 0.392 e. The van der Waals surface area contributed by atoms with Crippen molar-refractivity contribution in [3.63, 3.8) is 0 Å². The van der Waals surface area contributed by atoms with Crippen molar-refractivity contribution >= 4 is 6.03 Å². The van der Waals surface area contributed by atoms with Crippen molar-refractivity contribution in [1.29, 1.82) is 0 Å². The average molecular weight is 714 g/mol. The zero-order valence-corrected chi connectivity index (χ0v) is 32.6. The molecule has 0 spiro atoms. The molecule has 52 heavy (non-hydrogen) atoms. The number of urea groups is 1. The van der Waals surface area contributed by atoms with Crippen LogP contribution in [0, 0.1) is 5.92 Å². The molecule has 4 atom stereocenters. The van der Waals surface area contributed by atoms with E-state index in [0.29, 0.717) is 13.1 Å². The van der Waals surface area contributed by atoms with Gasteiger partial charge in [-0.2, -0.15) is 0 Å². The fourth-order valence-corrected chi connectivity index (χ4v) is 7.24. The zero-order valence-electron chi connectivity index (χ0n) is 32.6. The topological polar surface area (TPSA) is 83.1 Å². The fourth-order valence-electron chi connectivity index (χ4n) is 7.24. The van der Waals surface area contributed by atoms with E-state index in [1.807, 2.05) is 31.2 Å². The number of carbonyl (C=O) groups is 1. The third-order valence-electron chi connectivity index (χ3n) is 10.4. The lowest BCUT2D eigenvalue weighted by Crippen LogP contribution is -2.45. The second-order valence-electron chi connectivity index (χ2n) is 14.7. The molecule has 7 nitrogen and oxygen atoms in total. The molecule has 1 aliphatic rings. The minimum absolute atomic E-state index is 0.00576. The number of unbranched alkanes of at least 4 members (excludes halogenated alkanes) is 10. The number of benzene rings is 3. The van der Waals surface area contributed by atoms with Crippen LogP contribution in [0.3, 0.4) is 0 Å². The van der Waals surface area contributed by atoms with Crippen molar-refractivity contribution in [3.05, 3.63) is 95.1 Å². The number of hydrogen-bond acceptors (Lipinski definition) is 5. The van der Waals surface area contributed by atoms with Gasteiger partial charge in [0.25, 0.3) is 0 Å². The average Bonchev–Trinajstić information content (AvgIpc) is 3.17. The molecular formula is C45H67N3O4. The monoisotopic (exact) mass is 714 g/mol.